The largest absolute Gasteiger partial charge is 0.391 e. The molecular weight excluding hydrogens is 238 g/mol. The third-order valence-corrected chi connectivity index (χ3v) is 5.11. The topological polar surface area (TPSA) is 40.5 Å². The molecule has 2 atom stereocenters. The summed E-state index contributed by atoms with van der Waals surface area (Å²) in [6.45, 7) is 3.63. The van der Waals surface area contributed by atoms with E-state index in [0.29, 0.717) is 24.8 Å². The molecule has 0 spiro atoms. The van der Waals surface area contributed by atoms with Crippen LogP contribution >= 0.6 is 0 Å². The van der Waals surface area contributed by atoms with Crippen LogP contribution in [0.2, 0.25) is 0 Å². The number of carbonyl (C=O) groups is 1. The van der Waals surface area contributed by atoms with Gasteiger partial charge in [0.15, 0.2) is 0 Å². The Hall–Kier alpha value is -0.570. The number of hydrogen-bond acceptors (Lipinski definition) is 2. The number of amides is 1. The Kier molecular flexibility index (Phi) is 5.68. The van der Waals surface area contributed by atoms with Gasteiger partial charge in [-0.3, -0.25) is 4.79 Å². The van der Waals surface area contributed by atoms with Crippen LogP contribution in [-0.2, 0) is 4.79 Å². The fourth-order valence-corrected chi connectivity index (χ4v) is 3.59. The number of rotatable bonds is 4. The van der Waals surface area contributed by atoms with Gasteiger partial charge >= 0.3 is 0 Å². The highest BCUT2D eigenvalue weighted by Gasteiger charge is 2.27. The van der Waals surface area contributed by atoms with Gasteiger partial charge in [-0.1, -0.05) is 32.6 Å². The Balaban J connectivity index is 1.84. The van der Waals surface area contributed by atoms with Crippen LogP contribution in [0.3, 0.4) is 0 Å². The lowest BCUT2D eigenvalue weighted by Crippen LogP contribution is -2.40. The second-order valence-corrected chi connectivity index (χ2v) is 6.41. The van der Waals surface area contributed by atoms with Crippen LogP contribution in [0.5, 0.6) is 0 Å². The van der Waals surface area contributed by atoms with Gasteiger partial charge in [-0.25, -0.2) is 0 Å². The van der Waals surface area contributed by atoms with Crippen LogP contribution in [0.25, 0.3) is 0 Å². The number of aliphatic hydroxyl groups excluding tert-OH is 1. The van der Waals surface area contributed by atoms with Crippen molar-refractivity contribution < 1.29 is 9.90 Å². The molecule has 0 aromatic rings. The Labute approximate surface area is 117 Å². The van der Waals surface area contributed by atoms with Crippen molar-refractivity contribution in [2.24, 2.45) is 11.8 Å². The average molecular weight is 267 g/mol. The number of nitrogens with zero attached hydrogens (tertiary/aromatic N) is 1. The maximum absolute atomic E-state index is 12.1. The Morgan fingerprint density at radius 1 is 1.21 bits per heavy atom. The summed E-state index contributed by atoms with van der Waals surface area (Å²) in [7, 11) is 0. The minimum absolute atomic E-state index is 0.255. The molecule has 1 amide bonds. The van der Waals surface area contributed by atoms with Crippen LogP contribution in [0.1, 0.15) is 64.7 Å². The Morgan fingerprint density at radius 3 is 2.63 bits per heavy atom. The Bertz CT molecular complexity index is 286. The van der Waals surface area contributed by atoms with Gasteiger partial charge < -0.3 is 10.0 Å². The Morgan fingerprint density at radius 2 is 1.95 bits per heavy atom. The van der Waals surface area contributed by atoms with Gasteiger partial charge in [0.2, 0.25) is 5.91 Å². The van der Waals surface area contributed by atoms with Crippen LogP contribution < -0.4 is 0 Å². The second kappa shape index (κ2) is 7.28. The molecule has 3 nitrogen and oxygen atoms in total. The molecule has 1 aliphatic carbocycles. The predicted molar refractivity (Wildman–Crippen MR) is 76.8 cm³/mol. The molecule has 2 rings (SSSR count). The van der Waals surface area contributed by atoms with Crippen molar-refractivity contribution in [3.8, 4) is 0 Å². The third kappa shape index (κ3) is 4.20. The number of hydrogen-bond donors (Lipinski definition) is 1. The van der Waals surface area contributed by atoms with Crippen molar-refractivity contribution in [3.05, 3.63) is 0 Å². The SMILES string of the molecule is CCC1CCC(=O)N(CC(O)C2CCCCC2)CC1. The van der Waals surface area contributed by atoms with Crippen molar-refractivity contribution in [3.63, 3.8) is 0 Å². The zero-order valence-electron chi connectivity index (χ0n) is 12.3. The van der Waals surface area contributed by atoms with Gasteiger partial charge in [0.25, 0.3) is 0 Å². The van der Waals surface area contributed by atoms with Gasteiger partial charge in [0.05, 0.1) is 6.10 Å². The molecule has 0 aromatic heterocycles. The lowest BCUT2D eigenvalue weighted by molar-refractivity contribution is -0.132. The van der Waals surface area contributed by atoms with Crippen molar-refractivity contribution in [1.29, 1.82) is 0 Å². The maximum atomic E-state index is 12.1. The molecule has 0 bridgehead atoms. The van der Waals surface area contributed by atoms with Crippen molar-refractivity contribution in [1.82, 2.24) is 4.90 Å². The predicted octanol–water partition coefficient (Wildman–Crippen LogP) is 2.97. The number of likely N-dealkylation sites (tertiary alicyclic amines) is 1. The van der Waals surface area contributed by atoms with E-state index in [1.807, 2.05) is 4.90 Å². The minimum Gasteiger partial charge on any atom is -0.391 e. The minimum atomic E-state index is -0.303. The molecule has 1 saturated carbocycles. The van der Waals surface area contributed by atoms with E-state index in [9.17, 15) is 9.90 Å². The number of carbonyl (C=O) groups excluding carboxylic acids is 1. The molecule has 110 valence electrons. The van der Waals surface area contributed by atoms with Gasteiger partial charge in [-0.05, 0) is 37.5 Å². The van der Waals surface area contributed by atoms with Crippen molar-refractivity contribution >= 4 is 5.91 Å². The summed E-state index contributed by atoms with van der Waals surface area (Å²) in [5, 5.41) is 10.4. The first-order valence-electron chi connectivity index (χ1n) is 8.16. The van der Waals surface area contributed by atoms with E-state index in [0.717, 1.165) is 32.2 Å². The van der Waals surface area contributed by atoms with Crippen LogP contribution in [0, 0.1) is 11.8 Å². The molecule has 0 radical (unpaired) electrons. The summed E-state index contributed by atoms with van der Waals surface area (Å²) in [5.74, 6) is 1.37. The normalized spacial score (nSPS) is 28.2. The van der Waals surface area contributed by atoms with Gasteiger partial charge in [-0.15, -0.1) is 0 Å². The zero-order valence-corrected chi connectivity index (χ0v) is 12.3. The quantitative estimate of drug-likeness (QED) is 0.850. The lowest BCUT2D eigenvalue weighted by atomic mass is 9.85. The summed E-state index contributed by atoms with van der Waals surface area (Å²) in [4.78, 5) is 14.0. The van der Waals surface area contributed by atoms with E-state index in [1.165, 1.54) is 25.7 Å². The van der Waals surface area contributed by atoms with Crippen LogP contribution in [0.15, 0.2) is 0 Å². The van der Waals surface area contributed by atoms with E-state index in [4.69, 9.17) is 0 Å². The third-order valence-electron chi connectivity index (χ3n) is 5.11. The molecule has 19 heavy (non-hydrogen) atoms. The number of β-amino-alcohol motifs (C(OH)–C–C–N with tert-alkyl or cyclic N) is 1. The van der Waals surface area contributed by atoms with Crippen molar-refractivity contribution in [2.75, 3.05) is 13.1 Å². The smallest absolute Gasteiger partial charge is 0.222 e. The summed E-state index contributed by atoms with van der Waals surface area (Å²) >= 11 is 0. The van der Waals surface area contributed by atoms with Crippen LogP contribution in [-0.4, -0.2) is 35.1 Å². The first-order chi connectivity index (χ1) is 9.20. The van der Waals surface area contributed by atoms with Crippen molar-refractivity contribution in [2.45, 2.75) is 70.8 Å². The molecule has 1 N–H and O–H groups in total. The average Bonchev–Trinajstić information content (AvgIpc) is 2.62. The summed E-state index contributed by atoms with van der Waals surface area (Å²) in [6, 6.07) is 0. The first-order valence-corrected chi connectivity index (χ1v) is 8.16. The highest BCUT2D eigenvalue weighted by Crippen LogP contribution is 2.28. The second-order valence-electron chi connectivity index (χ2n) is 6.41. The maximum Gasteiger partial charge on any atom is 0.222 e. The monoisotopic (exact) mass is 267 g/mol. The zero-order chi connectivity index (χ0) is 13.7. The van der Waals surface area contributed by atoms with E-state index < -0.39 is 0 Å². The molecule has 1 aliphatic heterocycles. The van der Waals surface area contributed by atoms with Gasteiger partial charge in [-0.2, -0.15) is 0 Å². The molecule has 2 unspecified atom stereocenters. The fourth-order valence-electron chi connectivity index (χ4n) is 3.59. The summed E-state index contributed by atoms with van der Waals surface area (Å²) in [6.07, 6.45) is 9.77. The first kappa shape index (κ1) is 14.8. The molecule has 1 saturated heterocycles. The molecule has 0 aromatic carbocycles. The summed E-state index contributed by atoms with van der Waals surface area (Å²) in [5.41, 5.74) is 0. The number of aliphatic hydroxyl groups is 1. The van der Waals surface area contributed by atoms with Gasteiger partial charge in [0, 0.05) is 19.5 Å². The lowest BCUT2D eigenvalue weighted by Gasteiger charge is -2.31. The molecule has 2 fully saturated rings. The molecular formula is C16H29NO2. The standard InChI is InChI=1S/C16H29NO2/c1-2-13-8-9-16(19)17(11-10-13)12-15(18)14-6-4-3-5-7-14/h13-15,18H,2-12H2,1H3. The molecule has 3 heteroatoms. The van der Waals surface area contributed by atoms with E-state index in [1.54, 1.807) is 0 Å². The fraction of sp³-hybridized carbons (Fsp3) is 0.938. The highest BCUT2D eigenvalue weighted by atomic mass is 16.3. The van der Waals surface area contributed by atoms with E-state index >= 15 is 0 Å². The van der Waals surface area contributed by atoms with E-state index in [-0.39, 0.29) is 12.0 Å². The summed E-state index contributed by atoms with van der Waals surface area (Å²) < 4.78 is 0. The van der Waals surface area contributed by atoms with E-state index in [2.05, 4.69) is 6.92 Å². The van der Waals surface area contributed by atoms with Crippen LogP contribution in [0.4, 0.5) is 0 Å². The molecule has 2 aliphatic rings. The molecule has 1 heterocycles. The van der Waals surface area contributed by atoms with Gasteiger partial charge in [0.1, 0.15) is 0 Å². The highest BCUT2D eigenvalue weighted by molar-refractivity contribution is 5.76.